The number of hydrogen-bond acceptors (Lipinski definition) is 6. The molecule has 4 heterocycles. The molecular weight excluding hydrogens is 454 g/mol. The summed E-state index contributed by atoms with van der Waals surface area (Å²) in [4.78, 5) is 32.0. The minimum atomic E-state index is -0.308. The fourth-order valence-electron chi connectivity index (χ4n) is 4.27. The van der Waals surface area contributed by atoms with Gasteiger partial charge in [-0.2, -0.15) is 0 Å². The van der Waals surface area contributed by atoms with Crippen molar-refractivity contribution in [2.45, 2.75) is 37.0 Å². The van der Waals surface area contributed by atoms with Gasteiger partial charge in [-0.3, -0.25) is 9.59 Å². The van der Waals surface area contributed by atoms with Gasteiger partial charge in [-0.15, -0.1) is 23.1 Å². The Morgan fingerprint density at radius 1 is 1.21 bits per heavy atom. The number of benzene rings is 1. The Hall–Kier alpha value is -3.10. The fraction of sp³-hybridized carbons (Fsp3) is 0.240. The lowest BCUT2D eigenvalue weighted by atomic mass is 10.0. The number of para-hydroxylation sites is 1. The third-order valence-corrected chi connectivity index (χ3v) is 8.35. The van der Waals surface area contributed by atoms with E-state index in [0.29, 0.717) is 12.1 Å². The number of fused-ring (bicyclic) bond motifs is 3. The number of rotatable bonds is 4. The monoisotopic (exact) mass is 477 g/mol. The van der Waals surface area contributed by atoms with Crippen LogP contribution in [0.5, 0.6) is 0 Å². The fourth-order valence-corrected chi connectivity index (χ4v) is 6.60. The minimum Gasteiger partial charge on any atom is -0.364 e. The predicted molar refractivity (Wildman–Crippen MR) is 130 cm³/mol. The van der Waals surface area contributed by atoms with Crippen molar-refractivity contribution in [3.8, 4) is 5.69 Å². The molecule has 6 nitrogen and oxygen atoms in total. The van der Waals surface area contributed by atoms with E-state index in [0.717, 1.165) is 22.0 Å². The molecular formula is C25H23N3O3S2. The molecule has 3 aromatic heterocycles. The van der Waals surface area contributed by atoms with Crippen molar-refractivity contribution in [2.24, 2.45) is 0 Å². The number of nitrogens with zero attached hydrogens (tertiary/aromatic N) is 3. The van der Waals surface area contributed by atoms with Gasteiger partial charge < -0.3 is 14.0 Å². The van der Waals surface area contributed by atoms with Crippen LogP contribution in [-0.4, -0.2) is 27.6 Å². The van der Waals surface area contributed by atoms with Crippen LogP contribution in [0, 0.1) is 13.8 Å². The Bertz CT molecular complexity index is 1390. The van der Waals surface area contributed by atoms with E-state index in [1.807, 2.05) is 19.1 Å². The maximum Gasteiger partial charge on any atom is 0.259 e. The Labute approximate surface area is 199 Å². The molecule has 1 aromatic carbocycles. The quantitative estimate of drug-likeness (QED) is 0.406. The smallest absolute Gasteiger partial charge is 0.259 e. The van der Waals surface area contributed by atoms with Gasteiger partial charge in [0.1, 0.15) is 17.5 Å². The number of thioether (sulfide) groups is 1. The second-order valence-corrected chi connectivity index (χ2v) is 10.7. The lowest BCUT2D eigenvalue weighted by Gasteiger charge is -2.22. The summed E-state index contributed by atoms with van der Waals surface area (Å²) in [5.41, 5.74) is 3.19. The molecule has 1 atom stereocenters. The lowest BCUT2D eigenvalue weighted by Crippen LogP contribution is -2.34. The third-order valence-electron chi connectivity index (χ3n) is 5.78. The van der Waals surface area contributed by atoms with Gasteiger partial charge in [0, 0.05) is 56.9 Å². The molecule has 0 fully saturated rings. The predicted octanol–water partition coefficient (Wildman–Crippen LogP) is 5.17. The molecule has 0 radical (unpaired) electrons. The maximum atomic E-state index is 13.6. The van der Waals surface area contributed by atoms with Crippen molar-refractivity contribution < 1.29 is 9.32 Å². The van der Waals surface area contributed by atoms with E-state index in [1.54, 1.807) is 42.3 Å². The van der Waals surface area contributed by atoms with Crippen LogP contribution in [0.3, 0.4) is 0 Å². The molecule has 1 aliphatic heterocycles. The highest BCUT2D eigenvalue weighted by atomic mass is 32.2. The first-order valence-corrected chi connectivity index (χ1v) is 12.3. The maximum absolute atomic E-state index is 13.6. The molecule has 0 saturated heterocycles. The van der Waals surface area contributed by atoms with Crippen LogP contribution in [-0.2, 0) is 13.0 Å². The van der Waals surface area contributed by atoms with Crippen LogP contribution in [0.25, 0.3) is 5.69 Å². The number of hydrogen-bond donors (Lipinski definition) is 0. The molecule has 4 aromatic rings. The largest absolute Gasteiger partial charge is 0.364 e. The second-order valence-electron chi connectivity index (χ2n) is 8.19. The Morgan fingerprint density at radius 2 is 2.03 bits per heavy atom. The normalized spacial score (nSPS) is 14.9. The van der Waals surface area contributed by atoms with Crippen LogP contribution < -0.4 is 5.43 Å². The number of aryl methyl sites for hydroxylation is 2. The number of carbonyl (C=O) groups is 1. The zero-order valence-electron chi connectivity index (χ0n) is 18.6. The van der Waals surface area contributed by atoms with E-state index in [1.165, 1.54) is 20.9 Å². The average Bonchev–Trinajstić information content (AvgIpc) is 3.41. The van der Waals surface area contributed by atoms with Gasteiger partial charge in [0.05, 0.1) is 12.2 Å². The van der Waals surface area contributed by atoms with Gasteiger partial charge in [-0.1, -0.05) is 17.3 Å². The van der Waals surface area contributed by atoms with Crippen molar-refractivity contribution >= 4 is 29.0 Å². The minimum absolute atomic E-state index is 0.104. The molecule has 0 spiro atoms. The molecule has 1 amide bonds. The number of pyridine rings is 1. The molecule has 0 aliphatic carbocycles. The first-order valence-electron chi connectivity index (χ1n) is 10.6. The standard InChI is InChI=1S/C25H23N3O3S2/c1-15-12-20(29)24(25(30)27(3)14-17-10-11-31-26-17)19-13-23(22-9-8-16(2)32-22)33-21-7-5-4-6-18(21)28(15)19/h4-12,23H,13-14H2,1-3H3/t23-/m1/s1. The molecule has 8 heteroatoms. The Morgan fingerprint density at radius 3 is 2.76 bits per heavy atom. The number of carbonyl (C=O) groups excluding carboxylic acids is 1. The summed E-state index contributed by atoms with van der Waals surface area (Å²) in [6, 6.07) is 15.8. The van der Waals surface area contributed by atoms with Crippen molar-refractivity contribution in [1.29, 1.82) is 0 Å². The molecule has 5 rings (SSSR count). The van der Waals surface area contributed by atoms with Gasteiger partial charge in [-0.25, -0.2) is 0 Å². The highest BCUT2D eigenvalue weighted by Crippen LogP contribution is 2.46. The van der Waals surface area contributed by atoms with Gasteiger partial charge in [0.25, 0.3) is 5.91 Å². The summed E-state index contributed by atoms with van der Waals surface area (Å²) in [5, 5.41) is 4.00. The average molecular weight is 478 g/mol. The van der Waals surface area contributed by atoms with Gasteiger partial charge in [0.2, 0.25) is 0 Å². The molecule has 0 bridgehead atoms. The van der Waals surface area contributed by atoms with Crippen molar-refractivity contribution in [2.75, 3.05) is 7.05 Å². The van der Waals surface area contributed by atoms with E-state index in [9.17, 15) is 9.59 Å². The second kappa shape index (κ2) is 8.68. The van der Waals surface area contributed by atoms with Crippen LogP contribution in [0.1, 0.15) is 42.4 Å². The van der Waals surface area contributed by atoms with Crippen LogP contribution in [0.4, 0.5) is 0 Å². The zero-order valence-corrected chi connectivity index (χ0v) is 20.2. The van der Waals surface area contributed by atoms with E-state index in [4.69, 9.17) is 4.52 Å². The lowest BCUT2D eigenvalue weighted by molar-refractivity contribution is 0.0779. The SMILES string of the molecule is Cc1ccc([C@H]2Cc3c(C(=O)N(C)Cc4ccon4)c(=O)cc(C)n3-c3ccccc3S2)s1. The van der Waals surface area contributed by atoms with Crippen LogP contribution in [0.15, 0.2) is 69.0 Å². The number of aromatic nitrogens is 2. The number of thiophene rings is 1. The van der Waals surface area contributed by atoms with Crippen molar-refractivity contribution in [3.63, 3.8) is 0 Å². The van der Waals surface area contributed by atoms with Crippen molar-refractivity contribution in [1.82, 2.24) is 14.6 Å². The van der Waals surface area contributed by atoms with E-state index in [2.05, 4.69) is 40.9 Å². The van der Waals surface area contributed by atoms with E-state index < -0.39 is 0 Å². The van der Waals surface area contributed by atoms with Crippen LogP contribution >= 0.6 is 23.1 Å². The van der Waals surface area contributed by atoms with Gasteiger partial charge >= 0.3 is 0 Å². The zero-order chi connectivity index (χ0) is 23.1. The molecule has 1 aliphatic rings. The number of amides is 1. The summed E-state index contributed by atoms with van der Waals surface area (Å²) in [6.07, 6.45) is 2.05. The topological polar surface area (TPSA) is 68.3 Å². The molecule has 0 N–H and O–H groups in total. The Kier molecular flexibility index (Phi) is 5.72. The van der Waals surface area contributed by atoms with E-state index >= 15 is 0 Å². The Balaban J connectivity index is 1.68. The first kappa shape index (κ1) is 21.7. The first-order chi connectivity index (χ1) is 15.9. The highest BCUT2D eigenvalue weighted by molar-refractivity contribution is 7.99. The molecule has 33 heavy (non-hydrogen) atoms. The molecule has 0 saturated carbocycles. The molecule has 0 unspecified atom stereocenters. The van der Waals surface area contributed by atoms with Gasteiger partial charge in [-0.05, 0) is 38.1 Å². The third kappa shape index (κ3) is 4.05. The van der Waals surface area contributed by atoms with E-state index in [-0.39, 0.29) is 28.7 Å². The summed E-state index contributed by atoms with van der Waals surface area (Å²) >= 11 is 3.55. The molecule has 168 valence electrons. The summed E-state index contributed by atoms with van der Waals surface area (Å²) in [6.45, 7) is 4.29. The van der Waals surface area contributed by atoms with Gasteiger partial charge in [0.15, 0.2) is 5.43 Å². The summed E-state index contributed by atoms with van der Waals surface area (Å²) in [5.74, 6) is -0.308. The summed E-state index contributed by atoms with van der Waals surface area (Å²) in [7, 11) is 1.69. The summed E-state index contributed by atoms with van der Waals surface area (Å²) < 4.78 is 6.98. The van der Waals surface area contributed by atoms with Crippen molar-refractivity contribution in [3.05, 3.63) is 97.4 Å². The highest BCUT2D eigenvalue weighted by Gasteiger charge is 2.30. The van der Waals surface area contributed by atoms with Crippen LogP contribution in [0.2, 0.25) is 0 Å².